The molecule has 0 amide bonds. The number of hydrogen-bond donors (Lipinski definition) is 0. The van der Waals surface area contributed by atoms with Crippen molar-refractivity contribution in [2.24, 2.45) is 0 Å². The Morgan fingerprint density at radius 3 is 2.92 bits per heavy atom. The van der Waals surface area contributed by atoms with Crippen molar-refractivity contribution in [3.8, 4) is 5.75 Å². The van der Waals surface area contributed by atoms with Crippen LogP contribution in [0.25, 0.3) is 0 Å². The Bertz CT molecular complexity index is 283. The summed E-state index contributed by atoms with van der Waals surface area (Å²) in [5.74, 6) is 0.867. The van der Waals surface area contributed by atoms with Crippen molar-refractivity contribution in [3.05, 3.63) is 29.8 Å². The Morgan fingerprint density at radius 2 is 2.33 bits per heavy atom. The molecule has 1 aliphatic rings. The van der Waals surface area contributed by atoms with E-state index in [1.165, 1.54) is 0 Å². The molecule has 0 saturated carbocycles. The average molecular weight is 163 g/mol. The SMILES string of the molecule is COc1cc[c]c(C2OC2C)c1. The van der Waals surface area contributed by atoms with Gasteiger partial charge in [0.15, 0.2) is 0 Å². The predicted octanol–water partition coefficient (Wildman–Crippen LogP) is 1.96. The maximum Gasteiger partial charge on any atom is 0.119 e. The van der Waals surface area contributed by atoms with E-state index in [0.717, 1.165) is 11.3 Å². The molecule has 0 N–H and O–H groups in total. The van der Waals surface area contributed by atoms with Gasteiger partial charge in [-0.2, -0.15) is 0 Å². The second-order valence-electron chi connectivity index (χ2n) is 2.95. The first-order valence-corrected chi connectivity index (χ1v) is 4.02. The van der Waals surface area contributed by atoms with Crippen molar-refractivity contribution in [1.29, 1.82) is 0 Å². The van der Waals surface area contributed by atoms with Crippen LogP contribution >= 0.6 is 0 Å². The van der Waals surface area contributed by atoms with Crippen molar-refractivity contribution in [2.45, 2.75) is 19.1 Å². The average Bonchev–Trinajstić information content (AvgIpc) is 2.83. The van der Waals surface area contributed by atoms with Gasteiger partial charge in [0.25, 0.3) is 0 Å². The van der Waals surface area contributed by atoms with Gasteiger partial charge in [0.05, 0.1) is 13.2 Å². The number of hydrogen-bond acceptors (Lipinski definition) is 2. The first kappa shape index (κ1) is 7.62. The highest BCUT2D eigenvalue weighted by Gasteiger charge is 2.35. The molecule has 0 bridgehead atoms. The quantitative estimate of drug-likeness (QED) is 0.621. The molecule has 1 saturated heterocycles. The molecule has 2 atom stereocenters. The molecule has 63 valence electrons. The minimum Gasteiger partial charge on any atom is -0.497 e. The van der Waals surface area contributed by atoms with Gasteiger partial charge in [0.2, 0.25) is 0 Å². The normalized spacial score (nSPS) is 26.8. The number of methoxy groups -OCH3 is 1. The summed E-state index contributed by atoms with van der Waals surface area (Å²) in [4.78, 5) is 0. The largest absolute Gasteiger partial charge is 0.497 e. The monoisotopic (exact) mass is 163 g/mol. The summed E-state index contributed by atoms with van der Waals surface area (Å²) in [6.07, 6.45) is 0.577. The Kier molecular flexibility index (Phi) is 1.77. The number of benzene rings is 1. The van der Waals surface area contributed by atoms with Crippen LogP contribution in [0.2, 0.25) is 0 Å². The van der Waals surface area contributed by atoms with E-state index in [0.29, 0.717) is 6.10 Å². The zero-order valence-electron chi connectivity index (χ0n) is 7.20. The lowest BCUT2D eigenvalue weighted by Crippen LogP contribution is -1.87. The summed E-state index contributed by atoms with van der Waals surface area (Å²) in [5, 5.41) is 0. The van der Waals surface area contributed by atoms with Gasteiger partial charge in [-0.1, -0.05) is 6.07 Å². The van der Waals surface area contributed by atoms with Gasteiger partial charge in [0.1, 0.15) is 11.9 Å². The lowest BCUT2D eigenvalue weighted by atomic mass is 10.1. The van der Waals surface area contributed by atoms with Crippen LogP contribution in [0.5, 0.6) is 5.75 Å². The molecular formula is C10H11O2. The Labute approximate surface area is 72.1 Å². The Hall–Kier alpha value is -1.02. The molecule has 2 rings (SSSR count). The van der Waals surface area contributed by atoms with E-state index < -0.39 is 0 Å². The van der Waals surface area contributed by atoms with Gasteiger partial charge in [0, 0.05) is 0 Å². The van der Waals surface area contributed by atoms with Crippen LogP contribution in [-0.4, -0.2) is 13.2 Å². The molecule has 2 heteroatoms. The van der Waals surface area contributed by atoms with Crippen LogP contribution < -0.4 is 4.74 Å². The third kappa shape index (κ3) is 1.30. The fraction of sp³-hybridized carbons (Fsp3) is 0.400. The van der Waals surface area contributed by atoms with Gasteiger partial charge in [-0.3, -0.25) is 0 Å². The highest BCUT2D eigenvalue weighted by Crippen LogP contribution is 2.38. The second kappa shape index (κ2) is 2.79. The van der Waals surface area contributed by atoms with Gasteiger partial charge in [-0.15, -0.1) is 0 Å². The fourth-order valence-corrected chi connectivity index (χ4v) is 1.27. The van der Waals surface area contributed by atoms with Crippen LogP contribution in [0.15, 0.2) is 18.2 Å². The lowest BCUT2D eigenvalue weighted by Gasteiger charge is -2.00. The number of ether oxygens (including phenoxy) is 2. The summed E-state index contributed by atoms with van der Waals surface area (Å²) < 4.78 is 10.4. The van der Waals surface area contributed by atoms with E-state index in [1.807, 2.05) is 18.2 Å². The summed E-state index contributed by atoms with van der Waals surface area (Å²) in [7, 11) is 1.66. The van der Waals surface area contributed by atoms with E-state index in [4.69, 9.17) is 9.47 Å². The van der Waals surface area contributed by atoms with E-state index in [9.17, 15) is 0 Å². The molecule has 0 aromatic heterocycles. The summed E-state index contributed by atoms with van der Waals surface area (Å²) in [5.41, 5.74) is 1.09. The highest BCUT2D eigenvalue weighted by molar-refractivity contribution is 5.31. The maximum atomic E-state index is 5.32. The van der Waals surface area contributed by atoms with Crippen molar-refractivity contribution in [3.63, 3.8) is 0 Å². The molecule has 0 aliphatic carbocycles. The van der Waals surface area contributed by atoms with Crippen LogP contribution in [0.3, 0.4) is 0 Å². The van der Waals surface area contributed by atoms with E-state index in [1.54, 1.807) is 7.11 Å². The first-order chi connectivity index (χ1) is 5.81. The summed E-state index contributed by atoms with van der Waals surface area (Å²) in [6.45, 7) is 2.05. The third-order valence-corrected chi connectivity index (χ3v) is 2.05. The number of rotatable bonds is 2. The maximum absolute atomic E-state index is 5.32. The second-order valence-corrected chi connectivity index (χ2v) is 2.95. The molecule has 2 nitrogen and oxygen atoms in total. The van der Waals surface area contributed by atoms with Gasteiger partial charge < -0.3 is 9.47 Å². The predicted molar refractivity (Wildman–Crippen MR) is 45.1 cm³/mol. The summed E-state index contributed by atoms with van der Waals surface area (Å²) >= 11 is 0. The molecule has 1 radical (unpaired) electrons. The fourth-order valence-electron chi connectivity index (χ4n) is 1.27. The molecule has 2 unspecified atom stereocenters. The van der Waals surface area contributed by atoms with Crippen LogP contribution in [0.4, 0.5) is 0 Å². The van der Waals surface area contributed by atoms with Gasteiger partial charge >= 0.3 is 0 Å². The molecule has 1 aliphatic heterocycles. The van der Waals surface area contributed by atoms with Crippen LogP contribution in [0.1, 0.15) is 18.6 Å². The molecule has 1 aromatic rings. The van der Waals surface area contributed by atoms with E-state index >= 15 is 0 Å². The molecule has 1 fully saturated rings. The van der Waals surface area contributed by atoms with Crippen molar-refractivity contribution in [2.75, 3.05) is 7.11 Å². The van der Waals surface area contributed by atoms with Crippen molar-refractivity contribution in [1.82, 2.24) is 0 Å². The summed E-state index contributed by atoms with van der Waals surface area (Å²) in [6, 6.07) is 8.85. The molecule has 12 heavy (non-hydrogen) atoms. The lowest BCUT2D eigenvalue weighted by molar-refractivity contribution is 0.380. The highest BCUT2D eigenvalue weighted by atomic mass is 16.6. The van der Waals surface area contributed by atoms with Crippen LogP contribution in [0, 0.1) is 6.07 Å². The van der Waals surface area contributed by atoms with Gasteiger partial charge in [-0.05, 0) is 30.7 Å². The minimum atomic E-state index is 0.236. The third-order valence-electron chi connectivity index (χ3n) is 2.05. The molecule has 0 spiro atoms. The van der Waals surface area contributed by atoms with Crippen LogP contribution in [-0.2, 0) is 4.74 Å². The van der Waals surface area contributed by atoms with E-state index in [2.05, 4.69) is 13.0 Å². The smallest absolute Gasteiger partial charge is 0.119 e. The molecule has 1 aromatic carbocycles. The standard InChI is InChI=1S/C10H11O2/c1-7-10(12-7)8-4-3-5-9(6-8)11-2/h3,5-7,10H,1-2H3. The Balaban J connectivity index is 2.21. The minimum absolute atomic E-state index is 0.236. The molecular weight excluding hydrogens is 152 g/mol. The first-order valence-electron chi connectivity index (χ1n) is 4.02. The van der Waals surface area contributed by atoms with Gasteiger partial charge in [-0.25, -0.2) is 0 Å². The zero-order chi connectivity index (χ0) is 8.55. The Morgan fingerprint density at radius 1 is 1.58 bits per heavy atom. The number of epoxide rings is 1. The van der Waals surface area contributed by atoms with E-state index in [-0.39, 0.29) is 6.10 Å². The van der Waals surface area contributed by atoms with Crippen molar-refractivity contribution >= 4 is 0 Å². The molecule has 1 heterocycles. The van der Waals surface area contributed by atoms with Crippen molar-refractivity contribution < 1.29 is 9.47 Å². The topological polar surface area (TPSA) is 21.8 Å². The zero-order valence-corrected chi connectivity index (χ0v) is 7.20.